The van der Waals surface area contributed by atoms with Crippen LogP contribution in [0.4, 0.5) is 0 Å². The first-order valence-electron chi connectivity index (χ1n) is 8.93. The second-order valence-corrected chi connectivity index (χ2v) is 7.37. The summed E-state index contributed by atoms with van der Waals surface area (Å²) in [6, 6.07) is 5.86. The molecular formula is C19H29ClN2O3. The fourth-order valence-electron chi connectivity index (χ4n) is 3.00. The van der Waals surface area contributed by atoms with Gasteiger partial charge in [0.2, 0.25) is 0 Å². The van der Waals surface area contributed by atoms with E-state index in [-0.39, 0.29) is 12.5 Å². The number of hydrogen-bond donors (Lipinski definition) is 1. The summed E-state index contributed by atoms with van der Waals surface area (Å²) in [5.41, 5.74) is 1.05. The SMILES string of the molecule is Cc1ccc(Cl)c(OCC(=O)NCC(CC(C)C)N2CCOCC2)c1. The Hall–Kier alpha value is -1.30. The minimum Gasteiger partial charge on any atom is -0.482 e. The predicted molar refractivity (Wildman–Crippen MR) is 100 cm³/mol. The molecule has 0 saturated carbocycles. The lowest BCUT2D eigenvalue weighted by molar-refractivity contribution is -0.123. The summed E-state index contributed by atoms with van der Waals surface area (Å²) in [7, 11) is 0. The summed E-state index contributed by atoms with van der Waals surface area (Å²) < 4.78 is 11.0. The number of nitrogens with one attached hydrogen (secondary N) is 1. The molecule has 25 heavy (non-hydrogen) atoms. The van der Waals surface area contributed by atoms with Crippen LogP contribution in [0.25, 0.3) is 0 Å². The van der Waals surface area contributed by atoms with E-state index in [1.165, 1.54) is 0 Å². The van der Waals surface area contributed by atoms with Crippen molar-refractivity contribution in [1.29, 1.82) is 0 Å². The van der Waals surface area contributed by atoms with Gasteiger partial charge in [0.15, 0.2) is 6.61 Å². The summed E-state index contributed by atoms with van der Waals surface area (Å²) in [4.78, 5) is 14.6. The third-order valence-corrected chi connectivity index (χ3v) is 4.60. The molecule has 1 aromatic rings. The van der Waals surface area contributed by atoms with E-state index in [1.807, 2.05) is 19.1 Å². The van der Waals surface area contributed by atoms with Gasteiger partial charge in [0.1, 0.15) is 5.75 Å². The van der Waals surface area contributed by atoms with E-state index in [1.54, 1.807) is 6.07 Å². The zero-order valence-electron chi connectivity index (χ0n) is 15.4. The second kappa shape index (κ2) is 10.00. The van der Waals surface area contributed by atoms with Crippen molar-refractivity contribution < 1.29 is 14.3 Å². The third-order valence-electron chi connectivity index (χ3n) is 4.29. The van der Waals surface area contributed by atoms with Crippen LogP contribution in [-0.4, -0.2) is 56.3 Å². The number of ether oxygens (including phenoxy) is 2. The summed E-state index contributed by atoms with van der Waals surface area (Å²) in [5, 5.41) is 3.52. The molecule has 2 rings (SSSR count). The molecule has 0 aromatic heterocycles. The van der Waals surface area contributed by atoms with E-state index in [4.69, 9.17) is 21.1 Å². The van der Waals surface area contributed by atoms with Gasteiger partial charge in [0, 0.05) is 25.7 Å². The standard InChI is InChI=1S/C19H29ClN2O3/c1-14(2)10-16(22-6-8-24-9-7-22)12-21-19(23)13-25-18-11-15(3)4-5-17(18)20/h4-5,11,14,16H,6-10,12-13H2,1-3H3,(H,21,23). The molecule has 0 spiro atoms. The molecule has 1 N–H and O–H groups in total. The molecule has 0 bridgehead atoms. The highest BCUT2D eigenvalue weighted by Gasteiger charge is 2.22. The molecule has 1 aliphatic heterocycles. The highest BCUT2D eigenvalue weighted by molar-refractivity contribution is 6.32. The first-order chi connectivity index (χ1) is 12.0. The maximum absolute atomic E-state index is 12.2. The van der Waals surface area contributed by atoms with Crippen molar-refractivity contribution in [2.24, 2.45) is 5.92 Å². The fraction of sp³-hybridized carbons (Fsp3) is 0.632. The second-order valence-electron chi connectivity index (χ2n) is 6.96. The normalized spacial score (nSPS) is 16.7. The fourth-order valence-corrected chi connectivity index (χ4v) is 3.17. The minimum absolute atomic E-state index is 0.0271. The Morgan fingerprint density at radius 3 is 2.76 bits per heavy atom. The van der Waals surface area contributed by atoms with Crippen LogP contribution in [0.2, 0.25) is 5.02 Å². The third kappa shape index (κ3) is 6.84. The van der Waals surface area contributed by atoms with Gasteiger partial charge in [0.25, 0.3) is 5.91 Å². The first kappa shape index (κ1) is 20.0. The molecule has 1 fully saturated rings. The number of aryl methyl sites for hydroxylation is 1. The number of nitrogens with zero attached hydrogens (tertiary/aromatic N) is 1. The molecule has 140 valence electrons. The van der Waals surface area contributed by atoms with E-state index in [9.17, 15) is 4.79 Å². The van der Waals surface area contributed by atoms with Crippen molar-refractivity contribution >= 4 is 17.5 Å². The van der Waals surface area contributed by atoms with Crippen molar-refractivity contribution in [2.45, 2.75) is 33.2 Å². The van der Waals surface area contributed by atoms with Crippen LogP contribution in [-0.2, 0) is 9.53 Å². The molecule has 0 aliphatic carbocycles. The van der Waals surface area contributed by atoms with Gasteiger partial charge < -0.3 is 14.8 Å². The Morgan fingerprint density at radius 2 is 2.08 bits per heavy atom. The summed E-state index contributed by atoms with van der Waals surface area (Å²) in [5.74, 6) is 0.996. The van der Waals surface area contributed by atoms with Gasteiger partial charge in [-0.25, -0.2) is 0 Å². The van der Waals surface area contributed by atoms with E-state index >= 15 is 0 Å². The summed E-state index contributed by atoms with van der Waals surface area (Å²) in [6.07, 6.45) is 1.05. The molecule has 1 amide bonds. The van der Waals surface area contributed by atoms with Gasteiger partial charge in [-0.05, 0) is 37.0 Å². The number of carbonyl (C=O) groups is 1. The van der Waals surface area contributed by atoms with E-state index in [2.05, 4.69) is 24.1 Å². The van der Waals surface area contributed by atoms with Crippen LogP contribution in [0.5, 0.6) is 5.75 Å². The maximum Gasteiger partial charge on any atom is 0.257 e. The van der Waals surface area contributed by atoms with Crippen LogP contribution in [0.3, 0.4) is 0 Å². The number of morpholine rings is 1. The number of carbonyl (C=O) groups excluding carboxylic acids is 1. The summed E-state index contributed by atoms with van der Waals surface area (Å²) in [6.45, 7) is 10.3. The molecular weight excluding hydrogens is 340 g/mol. The van der Waals surface area contributed by atoms with Gasteiger partial charge in [-0.1, -0.05) is 31.5 Å². The molecule has 6 heteroatoms. The van der Waals surface area contributed by atoms with Crippen molar-refractivity contribution in [1.82, 2.24) is 10.2 Å². The molecule has 1 aliphatic rings. The number of benzene rings is 1. The first-order valence-corrected chi connectivity index (χ1v) is 9.31. The Kier molecular flexibility index (Phi) is 8.00. The molecule has 1 unspecified atom stereocenters. The van der Waals surface area contributed by atoms with Crippen molar-refractivity contribution in [3.8, 4) is 5.75 Å². The topological polar surface area (TPSA) is 50.8 Å². The van der Waals surface area contributed by atoms with Crippen LogP contribution in [0.1, 0.15) is 25.8 Å². The van der Waals surface area contributed by atoms with Gasteiger partial charge in [-0.15, -0.1) is 0 Å². The van der Waals surface area contributed by atoms with Crippen LogP contribution in [0.15, 0.2) is 18.2 Å². The smallest absolute Gasteiger partial charge is 0.257 e. The zero-order chi connectivity index (χ0) is 18.2. The number of hydrogen-bond acceptors (Lipinski definition) is 4. The van der Waals surface area contributed by atoms with Crippen molar-refractivity contribution in [2.75, 3.05) is 39.5 Å². The van der Waals surface area contributed by atoms with E-state index in [0.29, 0.717) is 29.3 Å². The van der Waals surface area contributed by atoms with E-state index < -0.39 is 0 Å². The monoisotopic (exact) mass is 368 g/mol. The molecule has 1 atom stereocenters. The van der Waals surface area contributed by atoms with Gasteiger partial charge in [0.05, 0.1) is 18.2 Å². The molecule has 5 nitrogen and oxygen atoms in total. The Labute approximate surface area is 155 Å². The minimum atomic E-state index is -0.125. The number of amides is 1. The average molecular weight is 369 g/mol. The highest BCUT2D eigenvalue weighted by atomic mass is 35.5. The van der Waals surface area contributed by atoms with Crippen molar-refractivity contribution in [3.63, 3.8) is 0 Å². The van der Waals surface area contributed by atoms with Crippen LogP contribution in [0, 0.1) is 12.8 Å². The van der Waals surface area contributed by atoms with Crippen LogP contribution >= 0.6 is 11.6 Å². The lowest BCUT2D eigenvalue weighted by atomic mass is 10.0. The Balaban J connectivity index is 1.82. The molecule has 1 saturated heterocycles. The molecule has 1 aromatic carbocycles. The van der Waals surface area contributed by atoms with Gasteiger partial charge >= 0.3 is 0 Å². The predicted octanol–water partition coefficient (Wildman–Crippen LogP) is 2.89. The number of halogens is 1. The van der Waals surface area contributed by atoms with Gasteiger partial charge in [-0.3, -0.25) is 9.69 Å². The Morgan fingerprint density at radius 1 is 1.36 bits per heavy atom. The van der Waals surface area contributed by atoms with E-state index in [0.717, 1.165) is 38.3 Å². The average Bonchev–Trinajstić information content (AvgIpc) is 2.59. The lowest BCUT2D eigenvalue weighted by Gasteiger charge is -2.35. The quantitative estimate of drug-likeness (QED) is 0.766. The largest absolute Gasteiger partial charge is 0.482 e. The van der Waals surface area contributed by atoms with Crippen LogP contribution < -0.4 is 10.1 Å². The van der Waals surface area contributed by atoms with Crippen molar-refractivity contribution in [3.05, 3.63) is 28.8 Å². The molecule has 1 heterocycles. The zero-order valence-corrected chi connectivity index (χ0v) is 16.1. The summed E-state index contributed by atoms with van der Waals surface area (Å²) >= 11 is 6.09. The Bertz CT molecular complexity index is 560. The van der Waals surface area contributed by atoms with Gasteiger partial charge in [-0.2, -0.15) is 0 Å². The molecule has 0 radical (unpaired) electrons. The number of rotatable bonds is 8. The highest BCUT2D eigenvalue weighted by Crippen LogP contribution is 2.25. The lowest BCUT2D eigenvalue weighted by Crippen LogP contribution is -2.49. The maximum atomic E-state index is 12.2.